The molecule has 20 nitrogen and oxygen atoms in total. The molecule has 3 heterocycles. The van der Waals surface area contributed by atoms with E-state index in [1.807, 2.05) is 69.2 Å². The van der Waals surface area contributed by atoms with Crippen molar-refractivity contribution in [1.82, 2.24) is 14.7 Å². The van der Waals surface area contributed by atoms with Crippen molar-refractivity contribution in [3.63, 3.8) is 0 Å². The normalized spacial score (nSPS) is 20.4. The lowest BCUT2D eigenvalue weighted by atomic mass is 9.83. The second-order valence-electron chi connectivity index (χ2n) is 19.6. The second-order valence-corrected chi connectivity index (χ2v) is 19.9. The number of rotatable bonds is 20. The minimum Gasteiger partial charge on any atom is -0.493 e. The molecule has 0 saturated carbocycles. The maximum Gasteiger partial charge on any atom is 0.415 e. The van der Waals surface area contributed by atoms with Crippen molar-refractivity contribution in [2.24, 2.45) is 11.8 Å². The molecule has 2 N–H and O–H groups in total. The van der Waals surface area contributed by atoms with Crippen LogP contribution in [0.3, 0.4) is 0 Å². The van der Waals surface area contributed by atoms with E-state index in [0.717, 1.165) is 28.7 Å². The predicted octanol–water partition coefficient (Wildman–Crippen LogP) is 7.41. The molecule has 0 radical (unpaired) electrons. The maximum absolute atomic E-state index is 14.5. The monoisotopic (exact) mass is 1070 g/mol. The number of carbonyl (C=O) groups excluding carboxylic acids is 6. The van der Waals surface area contributed by atoms with Crippen molar-refractivity contribution in [2.45, 2.75) is 84.0 Å². The summed E-state index contributed by atoms with van der Waals surface area (Å²) in [5, 5.41) is 7.72. The van der Waals surface area contributed by atoms with Gasteiger partial charge in [-0.1, -0.05) is 51.1 Å². The molecule has 0 aliphatic carbocycles. The summed E-state index contributed by atoms with van der Waals surface area (Å²) in [5.41, 5.74) is 3.93. The zero-order chi connectivity index (χ0) is 55.0. The molecule has 2 unspecified atom stereocenters. The van der Waals surface area contributed by atoms with Crippen LogP contribution in [0.15, 0.2) is 60.7 Å². The third-order valence-electron chi connectivity index (χ3n) is 13.9. The zero-order valence-electron chi connectivity index (χ0n) is 44.8. The topological polar surface area (TPSA) is 213 Å². The molecule has 1 saturated heterocycles. The predicted molar refractivity (Wildman–Crippen MR) is 285 cm³/mol. The first-order valence-corrected chi connectivity index (χ1v) is 25.9. The van der Waals surface area contributed by atoms with Gasteiger partial charge < -0.3 is 68.1 Å². The van der Waals surface area contributed by atoms with Gasteiger partial charge in [0.25, 0.3) is 0 Å². The first-order chi connectivity index (χ1) is 36.3. The van der Waals surface area contributed by atoms with Crippen LogP contribution in [0, 0.1) is 11.8 Å². The van der Waals surface area contributed by atoms with Gasteiger partial charge in [-0.2, -0.15) is 0 Å². The SMILES string of the molecule is CCCC(=O)Nc1cc(COC(=O)N(C)CCN(C)C(=O)Oc2cc3c(c4ccccc24)[C@H](CCl)CN3C(=O)C2Cc3cc(OCCN(C)C)c(OC)cc3N2)ccc1O[C@H]1O[C@H](C(=O)OC)[C@@H](C)[C@H](C)C1OC(C)=O. The average molecular weight is 1070 g/mol. The Labute approximate surface area is 448 Å². The molecule has 4 aromatic rings. The van der Waals surface area contributed by atoms with E-state index in [2.05, 4.69) is 10.6 Å². The van der Waals surface area contributed by atoms with Gasteiger partial charge in [0.15, 0.2) is 23.7 Å². The van der Waals surface area contributed by atoms with Crippen LogP contribution in [0.25, 0.3) is 10.8 Å². The quantitative estimate of drug-likeness (QED) is 0.0501. The van der Waals surface area contributed by atoms with Crippen molar-refractivity contribution < 1.29 is 66.7 Å². The van der Waals surface area contributed by atoms with Gasteiger partial charge in [0, 0.05) is 101 Å². The smallest absolute Gasteiger partial charge is 0.415 e. The Bertz CT molecular complexity index is 2800. The molecule has 3 aliphatic heterocycles. The molecule has 4 aromatic carbocycles. The highest BCUT2D eigenvalue weighted by atomic mass is 35.5. The van der Waals surface area contributed by atoms with Gasteiger partial charge in [-0.05, 0) is 66.7 Å². The molecule has 7 atom stereocenters. The van der Waals surface area contributed by atoms with Crippen LogP contribution in [-0.2, 0) is 51.2 Å². The molecule has 0 aromatic heterocycles. The van der Waals surface area contributed by atoms with Gasteiger partial charge >= 0.3 is 24.1 Å². The van der Waals surface area contributed by atoms with E-state index in [0.29, 0.717) is 54.1 Å². The van der Waals surface area contributed by atoms with E-state index < -0.39 is 54.6 Å². The number of hydrogen-bond donors (Lipinski definition) is 2. The molecule has 410 valence electrons. The number of hydrogen-bond acceptors (Lipinski definition) is 16. The third kappa shape index (κ3) is 13.0. The number of carbonyl (C=O) groups is 6. The van der Waals surface area contributed by atoms with E-state index in [1.54, 1.807) is 50.2 Å². The summed E-state index contributed by atoms with van der Waals surface area (Å²) in [6, 6.07) is 17.2. The van der Waals surface area contributed by atoms with Crippen LogP contribution in [-0.4, -0.2) is 156 Å². The number of methoxy groups -OCH3 is 2. The standard InChI is InChI=1S/C55H69ClN6O14/c1-11-14-47(64)58-40-23-34(17-18-43(40)74-53-50(73-33(4)63)32(3)31(2)49(76-53)52(66)70-10)30-72-54(67)60(7)19-20-61(8)55(68)75-44-27-42-48(38-16-13-12-15-37(38)44)36(28-56)29-62(42)51(65)41-24-35-25-46(71-22-21-59(5)6)45(69-9)26-39(35)57-41/h12-13,15-18,23,25-27,31-32,36,41,49-50,53,57H,11,14,19-22,24,28-30H2,1-10H3,(H,58,64)/t31-,32-,36+,41?,49-,50?,53-/m0/s1. The molecule has 1 fully saturated rings. The first-order valence-electron chi connectivity index (χ1n) is 25.3. The number of benzene rings is 4. The van der Waals surface area contributed by atoms with Crippen molar-refractivity contribution in [2.75, 3.05) is 96.6 Å². The third-order valence-corrected chi connectivity index (χ3v) is 14.3. The van der Waals surface area contributed by atoms with Gasteiger partial charge in [-0.3, -0.25) is 14.4 Å². The number of halogens is 1. The lowest BCUT2D eigenvalue weighted by Gasteiger charge is -2.42. The molecular weight excluding hydrogens is 1000 g/mol. The van der Waals surface area contributed by atoms with Gasteiger partial charge in [0.2, 0.25) is 18.1 Å². The van der Waals surface area contributed by atoms with Crippen molar-refractivity contribution in [3.8, 4) is 23.0 Å². The number of fused-ring (bicyclic) bond motifs is 4. The summed E-state index contributed by atoms with van der Waals surface area (Å²) in [6.07, 6.45) is -3.35. The summed E-state index contributed by atoms with van der Waals surface area (Å²) in [6.45, 7) is 8.19. The molecule has 0 spiro atoms. The van der Waals surface area contributed by atoms with Crippen molar-refractivity contribution in [1.29, 1.82) is 0 Å². The fraction of sp³-hybridized carbons (Fsp3) is 0.491. The Morgan fingerprint density at radius 3 is 2.25 bits per heavy atom. The Morgan fingerprint density at radius 2 is 1.58 bits per heavy atom. The Hall–Kier alpha value is -7.03. The highest BCUT2D eigenvalue weighted by Gasteiger charge is 2.48. The summed E-state index contributed by atoms with van der Waals surface area (Å²) < 4.78 is 46.3. The number of nitrogens with one attached hydrogen (secondary N) is 2. The number of ether oxygens (including phenoxy) is 8. The number of likely N-dealkylation sites (N-methyl/N-ethyl adjacent to an activating group) is 3. The summed E-state index contributed by atoms with van der Waals surface area (Å²) in [7, 11) is 9.85. The van der Waals surface area contributed by atoms with Crippen molar-refractivity contribution in [3.05, 3.63) is 77.4 Å². The molecule has 0 bridgehead atoms. The average Bonchev–Trinajstić information content (AvgIpc) is 4.00. The minimum atomic E-state index is -1.25. The van der Waals surface area contributed by atoms with Gasteiger partial charge in [0.05, 0.1) is 25.6 Å². The fourth-order valence-electron chi connectivity index (χ4n) is 9.49. The number of nitrogens with zero attached hydrogens (tertiary/aromatic N) is 4. The highest BCUT2D eigenvalue weighted by molar-refractivity contribution is 6.19. The van der Waals surface area contributed by atoms with Gasteiger partial charge in [-0.25, -0.2) is 14.4 Å². The molecular formula is C55H69ClN6O14. The van der Waals surface area contributed by atoms with E-state index in [9.17, 15) is 28.8 Å². The van der Waals surface area contributed by atoms with E-state index >= 15 is 0 Å². The van der Waals surface area contributed by atoms with E-state index in [-0.39, 0.29) is 72.8 Å². The largest absolute Gasteiger partial charge is 0.493 e. The Morgan fingerprint density at radius 1 is 0.855 bits per heavy atom. The number of anilines is 3. The van der Waals surface area contributed by atoms with E-state index in [4.69, 9.17) is 49.5 Å². The Balaban J connectivity index is 0.996. The van der Waals surface area contributed by atoms with Gasteiger partial charge in [-0.15, -0.1) is 11.6 Å². The van der Waals surface area contributed by atoms with Crippen molar-refractivity contribution >= 4 is 75.4 Å². The first kappa shape index (κ1) is 56.7. The highest BCUT2D eigenvalue weighted by Crippen LogP contribution is 2.47. The van der Waals surface area contributed by atoms with E-state index in [1.165, 1.54) is 30.9 Å². The molecule has 21 heteroatoms. The zero-order valence-corrected chi connectivity index (χ0v) is 45.5. The second kappa shape index (κ2) is 25.2. The fourth-order valence-corrected chi connectivity index (χ4v) is 9.74. The molecule has 7 rings (SSSR count). The summed E-state index contributed by atoms with van der Waals surface area (Å²) in [5.74, 6) is -0.771. The van der Waals surface area contributed by atoms with Crippen LogP contribution in [0.5, 0.6) is 23.0 Å². The number of esters is 2. The Kier molecular flexibility index (Phi) is 18.8. The van der Waals surface area contributed by atoms with Crippen LogP contribution >= 0.6 is 11.6 Å². The summed E-state index contributed by atoms with van der Waals surface area (Å²) in [4.78, 5) is 85.8. The lowest BCUT2D eigenvalue weighted by molar-refractivity contribution is -0.248. The maximum atomic E-state index is 14.5. The molecule has 76 heavy (non-hydrogen) atoms. The lowest BCUT2D eigenvalue weighted by Crippen LogP contribution is -2.55. The van der Waals surface area contributed by atoms with Crippen LogP contribution in [0.4, 0.5) is 26.7 Å². The minimum absolute atomic E-state index is 0.0682. The summed E-state index contributed by atoms with van der Waals surface area (Å²) >= 11 is 6.60. The molecule has 4 amide bonds. The number of amides is 4. The molecule has 3 aliphatic rings. The number of alkyl halides is 1. The van der Waals surface area contributed by atoms with Crippen LogP contribution in [0.1, 0.15) is 63.1 Å². The van der Waals surface area contributed by atoms with Crippen LogP contribution < -0.4 is 34.5 Å². The van der Waals surface area contributed by atoms with Gasteiger partial charge in [0.1, 0.15) is 30.8 Å². The van der Waals surface area contributed by atoms with Crippen LogP contribution in [0.2, 0.25) is 0 Å².